The number of cyclic esters (lactones) is 1. The molecule has 1 aliphatic heterocycles. The number of carbonyl (C=O) groups is 4. The van der Waals surface area contributed by atoms with Gasteiger partial charge in [-0.25, -0.2) is 9.36 Å². The number of phosphoric acid groups is 1. The molecular formula is C36H45Cl2N4O10P. The summed E-state index contributed by atoms with van der Waals surface area (Å²) in [6.45, 7) is 8.70. The second kappa shape index (κ2) is 17.5. The summed E-state index contributed by atoms with van der Waals surface area (Å²) in [5.41, 5.74) is 2.30. The van der Waals surface area contributed by atoms with E-state index in [2.05, 4.69) is 20.1 Å². The quantitative estimate of drug-likeness (QED) is 0.125. The number of carbonyl (C=O) groups excluding carboxylic acids is 4. The van der Waals surface area contributed by atoms with Crippen molar-refractivity contribution in [3.8, 4) is 5.75 Å². The van der Waals surface area contributed by atoms with Crippen molar-refractivity contribution >= 4 is 65.6 Å². The van der Waals surface area contributed by atoms with E-state index >= 15 is 0 Å². The molecule has 5 N–H and O–H groups in total. The fourth-order valence-corrected chi connectivity index (χ4v) is 7.27. The number of nitrogens with one attached hydrogen (secondary N) is 3. The molecule has 288 valence electrons. The van der Waals surface area contributed by atoms with Gasteiger partial charge in [0.25, 0.3) is 0 Å². The van der Waals surface area contributed by atoms with E-state index in [-0.39, 0.29) is 39.7 Å². The first-order chi connectivity index (χ1) is 24.8. The lowest BCUT2D eigenvalue weighted by Gasteiger charge is -2.33. The molecule has 7 unspecified atom stereocenters. The van der Waals surface area contributed by atoms with E-state index < -0.39 is 61.9 Å². The van der Waals surface area contributed by atoms with Gasteiger partial charge in [0.05, 0.1) is 11.1 Å². The number of allylic oxidation sites excluding steroid dienone is 1. The van der Waals surface area contributed by atoms with Gasteiger partial charge < -0.3 is 34.5 Å². The highest BCUT2D eigenvalue weighted by Gasteiger charge is 2.39. The molecule has 0 spiro atoms. The minimum atomic E-state index is -4.99. The molecular weight excluding hydrogens is 750 g/mol. The summed E-state index contributed by atoms with van der Waals surface area (Å²) in [6, 6.07) is 7.45. The number of phosphoric ester groups is 1. The SMILES string of the molecule is COC1C(=O)OC(C)C(C)C=C(C)CC(C)C(=O)NC(C)C(=O)N(C)C(Cc2c(Cl)[nH]c3ccccc23)C(=O)NC1c1ccc(OP(=O)(O)O)c(Cl)c1. The number of H-pyrrole nitrogens is 1. The van der Waals surface area contributed by atoms with Crippen molar-refractivity contribution in [2.24, 2.45) is 11.8 Å². The highest BCUT2D eigenvalue weighted by Crippen LogP contribution is 2.42. The van der Waals surface area contributed by atoms with E-state index in [0.717, 1.165) is 11.0 Å². The van der Waals surface area contributed by atoms with Gasteiger partial charge in [-0.2, -0.15) is 0 Å². The number of esters is 1. The molecule has 14 nitrogen and oxygen atoms in total. The molecule has 2 heterocycles. The summed E-state index contributed by atoms with van der Waals surface area (Å²) in [7, 11) is -2.30. The molecule has 0 bridgehead atoms. The number of hydrogen-bond acceptors (Lipinski definition) is 8. The fraction of sp³-hybridized carbons (Fsp3) is 0.444. The summed E-state index contributed by atoms with van der Waals surface area (Å²) in [5.74, 6) is -3.63. The van der Waals surface area contributed by atoms with Crippen LogP contribution in [-0.2, 0) is 39.6 Å². The number of benzene rings is 2. The molecule has 0 saturated carbocycles. The van der Waals surface area contributed by atoms with Crippen LogP contribution in [0.15, 0.2) is 54.1 Å². The Labute approximate surface area is 317 Å². The van der Waals surface area contributed by atoms with E-state index in [1.165, 1.54) is 44.2 Å². The van der Waals surface area contributed by atoms with E-state index in [4.69, 9.17) is 32.7 Å². The first-order valence-electron chi connectivity index (χ1n) is 16.9. The van der Waals surface area contributed by atoms with Crippen molar-refractivity contribution < 1.29 is 47.5 Å². The van der Waals surface area contributed by atoms with Gasteiger partial charge in [-0.1, -0.05) is 73.0 Å². The Bertz CT molecular complexity index is 1930. The number of fused-ring (bicyclic) bond motifs is 1. The van der Waals surface area contributed by atoms with Crippen molar-refractivity contribution in [3.63, 3.8) is 0 Å². The molecule has 0 saturated heterocycles. The predicted octanol–water partition coefficient (Wildman–Crippen LogP) is 5.25. The number of aromatic amines is 1. The smallest absolute Gasteiger partial charge is 0.460 e. The van der Waals surface area contributed by atoms with Crippen LogP contribution in [-0.4, -0.2) is 81.8 Å². The zero-order chi connectivity index (χ0) is 39.4. The first kappa shape index (κ1) is 41.8. The maximum Gasteiger partial charge on any atom is 0.524 e. The monoisotopic (exact) mass is 794 g/mol. The van der Waals surface area contributed by atoms with Crippen molar-refractivity contribution in [1.82, 2.24) is 20.5 Å². The van der Waals surface area contributed by atoms with Crippen LogP contribution in [0.25, 0.3) is 10.9 Å². The Morgan fingerprint density at radius 1 is 1.00 bits per heavy atom. The van der Waals surface area contributed by atoms with Crippen LogP contribution in [0.3, 0.4) is 0 Å². The van der Waals surface area contributed by atoms with Crippen molar-refractivity contribution in [2.75, 3.05) is 14.2 Å². The molecule has 3 amide bonds. The topological polar surface area (TPSA) is 197 Å². The van der Waals surface area contributed by atoms with Crippen LogP contribution in [0, 0.1) is 11.8 Å². The van der Waals surface area contributed by atoms with Gasteiger partial charge >= 0.3 is 13.8 Å². The number of methoxy groups -OCH3 is 1. The number of hydrogen-bond donors (Lipinski definition) is 5. The average molecular weight is 796 g/mol. The largest absolute Gasteiger partial charge is 0.524 e. The third-order valence-electron chi connectivity index (χ3n) is 9.29. The maximum atomic E-state index is 14.6. The highest BCUT2D eigenvalue weighted by atomic mass is 35.5. The minimum Gasteiger partial charge on any atom is -0.460 e. The third kappa shape index (κ3) is 10.4. The van der Waals surface area contributed by atoms with Crippen LogP contribution >= 0.6 is 31.0 Å². The van der Waals surface area contributed by atoms with Gasteiger partial charge in [-0.15, -0.1) is 0 Å². The lowest BCUT2D eigenvalue weighted by atomic mass is 9.95. The number of likely N-dealkylation sites (N-methyl/N-ethyl adjacent to an activating group) is 1. The number of nitrogens with zero attached hydrogens (tertiary/aromatic N) is 1. The van der Waals surface area contributed by atoms with Crippen LogP contribution in [0.1, 0.15) is 58.2 Å². The summed E-state index contributed by atoms with van der Waals surface area (Å²) in [6.07, 6.45) is 0.0466. The maximum absolute atomic E-state index is 14.6. The van der Waals surface area contributed by atoms with Gasteiger partial charge in [-0.3, -0.25) is 24.2 Å². The summed E-state index contributed by atoms with van der Waals surface area (Å²) >= 11 is 13.0. The molecule has 53 heavy (non-hydrogen) atoms. The van der Waals surface area contributed by atoms with E-state index in [9.17, 15) is 33.5 Å². The first-order valence-corrected chi connectivity index (χ1v) is 19.2. The highest BCUT2D eigenvalue weighted by molar-refractivity contribution is 7.46. The summed E-state index contributed by atoms with van der Waals surface area (Å²) in [4.78, 5) is 78.7. The number of ether oxygens (including phenoxy) is 2. The number of aromatic nitrogens is 1. The van der Waals surface area contributed by atoms with E-state index in [1.54, 1.807) is 19.9 Å². The zero-order valence-corrected chi connectivity index (χ0v) is 32.8. The Morgan fingerprint density at radius 2 is 1.68 bits per heavy atom. The molecule has 0 fully saturated rings. The summed E-state index contributed by atoms with van der Waals surface area (Å²) in [5, 5.41) is 6.36. The minimum absolute atomic E-state index is 0.0861. The van der Waals surface area contributed by atoms with Crippen molar-refractivity contribution in [3.05, 3.63) is 75.4 Å². The van der Waals surface area contributed by atoms with Gasteiger partial charge in [0.2, 0.25) is 17.7 Å². The Kier molecular flexibility index (Phi) is 13.8. The van der Waals surface area contributed by atoms with Crippen LogP contribution in [0.5, 0.6) is 5.75 Å². The fourth-order valence-electron chi connectivity index (χ4n) is 6.29. The van der Waals surface area contributed by atoms with E-state index in [1.807, 2.05) is 38.1 Å². The molecule has 1 aromatic heterocycles. The number of amides is 3. The second-order valence-corrected chi connectivity index (χ2v) is 15.3. The molecule has 2 aromatic carbocycles. The molecule has 0 aliphatic carbocycles. The molecule has 0 radical (unpaired) electrons. The van der Waals surface area contributed by atoms with Crippen molar-refractivity contribution in [1.29, 1.82) is 0 Å². The van der Waals surface area contributed by atoms with Crippen LogP contribution in [0.2, 0.25) is 10.2 Å². The Morgan fingerprint density at radius 3 is 2.32 bits per heavy atom. The van der Waals surface area contributed by atoms with Gasteiger partial charge in [0.1, 0.15) is 29.1 Å². The molecule has 1 aliphatic rings. The Hall–Kier alpha value is -3.91. The molecule has 3 aromatic rings. The summed E-state index contributed by atoms with van der Waals surface area (Å²) < 4.78 is 27.8. The Balaban J connectivity index is 1.86. The van der Waals surface area contributed by atoms with Gasteiger partial charge in [-0.05, 0) is 56.5 Å². The van der Waals surface area contributed by atoms with Gasteiger partial charge in [0, 0.05) is 43.3 Å². The standard InChI is InChI=1S/C36H45Cl2N4O10P/c1-18-14-19(2)22(5)51-36(46)31(50-7)30(23-12-13-29(26(37)16-23)52-53(47,48)49)41-34(44)28(17-25-24-10-8-9-11-27(24)40-32(25)38)42(6)35(45)21(4)39-33(43)20(3)15-18/h8-14,16,19-22,28,30-31,40H,15,17H2,1-7H3,(H,39,43)(H,41,44)(H2,47,48,49). The molecule has 4 rings (SSSR count). The van der Waals surface area contributed by atoms with Crippen LogP contribution in [0.4, 0.5) is 0 Å². The second-order valence-electron chi connectivity index (χ2n) is 13.4. The lowest BCUT2D eigenvalue weighted by Crippen LogP contribution is -2.56. The number of para-hydroxylation sites is 1. The van der Waals surface area contributed by atoms with Gasteiger partial charge in [0.15, 0.2) is 6.10 Å². The van der Waals surface area contributed by atoms with Crippen molar-refractivity contribution in [2.45, 2.75) is 77.8 Å². The van der Waals surface area contributed by atoms with Crippen LogP contribution < -0.4 is 15.2 Å². The predicted molar refractivity (Wildman–Crippen MR) is 199 cm³/mol. The lowest BCUT2D eigenvalue weighted by molar-refractivity contribution is -0.164. The van der Waals surface area contributed by atoms with E-state index in [0.29, 0.717) is 17.5 Å². The zero-order valence-electron chi connectivity index (χ0n) is 30.4. The molecule has 17 heteroatoms. The molecule has 7 atom stereocenters. The number of halogens is 2. The number of rotatable bonds is 6. The third-order valence-corrected chi connectivity index (χ3v) is 10.3. The normalized spacial score (nSPS) is 25.9. The average Bonchev–Trinajstić information content (AvgIpc) is 3.40.